The molecule has 0 fully saturated rings. The topological polar surface area (TPSA) is 80.3 Å². The number of rotatable bonds is 19. The molecular formula is C29H46O7. The largest absolute Gasteiger partial charge is 0.493 e. The Morgan fingerprint density at radius 3 is 1.81 bits per heavy atom. The van der Waals surface area contributed by atoms with Crippen LogP contribution in [0.3, 0.4) is 0 Å². The highest BCUT2D eigenvalue weighted by Crippen LogP contribution is 2.39. The molecular weight excluding hydrogens is 460 g/mol. The maximum absolute atomic E-state index is 13.2. The minimum absolute atomic E-state index is 0.101. The second-order valence-electron chi connectivity index (χ2n) is 9.11. The van der Waals surface area contributed by atoms with E-state index in [0.29, 0.717) is 29.4 Å². The molecule has 1 aromatic rings. The zero-order chi connectivity index (χ0) is 26.9. The zero-order valence-corrected chi connectivity index (χ0v) is 23.1. The van der Waals surface area contributed by atoms with E-state index in [2.05, 4.69) is 27.4 Å². The van der Waals surface area contributed by atoms with E-state index >= 15 is 0 Å². The van der Waals surface area contributed by atoms with Gasteiger partial charge in [-0.1, -0.05) is 52.5 Å². The number of ether oxygens (including phenoxy) is 5. The molecule has 3 atom stereocenters. The molecule has 0 N–H and O–H groups in total. The predicted octanol–water partition coefficient (Wildman–Crippen LogP) is 6.17. The number of esters is 2. The second-order valence-corrected chi connectivity index (χ2v) is 9.11. The molecule has 204 valence electrons. The first-order chi connectivity index (χ1) is 17.4. The molecule has 1 rings (SSSR count). The fourth-order valence-electron chi connectivity index (χ4n) is 4.01. The standard InChI is InChI=1S/C29H46O7/c1-8-12-14-21(10-3)19-35-28(30)24(29(31)36-20-22(11-4)15-13-9-2)16-23-17-25(32-5)27(34-7)26(18-23)33-6/h8,17-18,21-22,24H,1,9-16,19-20H2,2-7H3. The molecule has 0 radical (unpaired) electrons. The molecule has 0 heterocycles. The summed E-state index contributed by atoms with van der Waals surface area (Å²) in [7, 11) is 4.57. The Hall–Kier alpha value is -2.70. The minimum Gasteiger partial charge on any atom is -0.493 e. The van der Waals surface area contributed by atoms with Crippen molar-refractivity contribution in [1.82, 2.24) is 0 Å². The van der Waals surface area contributed by atoms with Crippen molar-refractivity contribution >= 4 is 11.9 Å². The average Bonchev–Trinajstić information content (AvgIpc) is 2.90. The van der Waals surface area contributed by atoms with Crippen LogP contribution in [0.1, 0.15) is 71.3 Å². The Kier molecular flexibility index (Phi) is 15.4. The molecule has 0 aliphatic carbocycles. The smallest absolute Gasteiger partial charge is 0.320 e. The SMILES string of the molecule is C=CCCC(CC)COC(=O)C(Cc1cc(OC)c(OC)c(OC)c1)C(=O)OCC(CC)CCCC. The van der Waals surface area contributed by atoms with Gasteiger partial charge in [0.05, 0.1) is 34.5 Å². The van der Waals surface area contributed by atoms with Crippen LogP contribution in [-0.2, 0) is 25.5 Å². The lowest BCUT2D eigenvalue weighted by Crippen LogP contribution is -2.32. The van der Waals surface area contributed by atoms with Crippen molar-refractivity contribution in [2.75, 3.05) is 34.5 Å². The highest BCUT2D eigenvalue weighted by molar-refractivity contribution is 5.95. The maximum Gasteiger partial charge on any atom is 0.320 e. The summed E-state index contributed by atoms with van der Waals surface area (Å²) in [6.45, 7) is 10.6. The molecule has 0 aliphatic rings. The van der Waals surface area contributed by atoms with Crippen molar-refractivity contribution in [3.8, 4) is 17.2 Å². The summed E-state index contributed by atoms with van der Waals surface area (Å²) < 4.78 is 27.6. The molecule has 36 heavy (non-hydrogen) atoms. The Balaban J connectivity index is 3.12. The van der Waals surface area contributed by atoms with E-state index in [-0.39, 0.29) is 24.9 Å². The summed E-state index contributed by atoms with van der Waals surface area (Å²) in [5.74, 6) is -0.399. The third-order valence-electron chi connectivity index (χ3n) is 6.56. The van der Waals surface area contributed by atoms with Crippen molar-refractivity contribution < 1.29 is 33.3 Å². The number of unbranched alkanes of at least 4 members (excludes halogenated alkanes) is 1. The van der Waals surface area contributed by atoms with Gasteiger partial charge >= 0.3 is 11.9 Å². The van der Waals surface area contributed by atoms with E-state index < -0.39 is 17.9 Å². The average molecular weight is 507 g/mol. The Bertz CT molecular complexity index is 780. The van der Waals surface area contributed by atoms with Crippen LogP contribution in [0.4, 0.5) is 0 Å². The van der Waals surface area contributed by atoms with Gasteiger partial charge in [-0.3, -0.25) is 9.59 Å². The number of methoxy groups -OCH3 is 3. The lowest BCUT2D eigenvalue weighted by atomic mass is 9.97. The van der Waals surface area contributed by atoms with Crippen molar-refractivity contribution in [2.45, 2.75) is 72.1 Å². The van der Waals surface area contributed by atoms with Crippen LogP contribution in [0.25, 0.3) is 0 Å². The summed E-state index contributed by atoms with van der Waals surface area (Å²) in [5, 5.41) is 0. The maximum atomic E-state index is 13.2. The van der Waals surface area contributed by atoms with E-state index in [1.54, 1.807) is 12.1 Å². The molecule has 7 nitrogen and oxygen atoms in total. The molecule has 7 heteroatoms. The molecule has 0 aliphatic heterocycles. The number of hydrogen-bond acceptors (Lipinski definition) is 7. The van der Waals surface area contributed by atoms with Crippen LogP contribution in [0.15, 0.2) is 24.8 Å². The quantitative estimate of drug-likeness (QED) is 0.126. The second kappa shape index (κ2) is 17.7. The summed E-state index contributed by atoms with van der Waals surface area (Å²) >= 11 is 0. The number of carbonyl (C=O) groups is 2. The number of allylic oxidation sites excluding steroid dienone is 1. The van der Waals surface area contributed by atoms with Crippen molar-refractivity contribution in [3.63, 3.8) is 0 Å². The van der Waals surface area contributed by atoms with Gasteiger partial charge in [-0.15, -0.1) is 6.58 Å². The van der Waals surface area contributed by atoms with Gasteiger partial charge in [0.2, 0.25) is 5.75 Å². The number of hydrogen-bond donors (Lipinski definition) is 0. The molecule has 0 saturated carbocycles. The van der Waals surface area contributed by atoms with Gasteiger partial charge in [0.15, 0.2) is 17.4 Å². The number of carbonyl (C=O) groups excluding carboxylic acids is 2. The van der Waals surface area contributed by atoms with Gasteiger partial charge in [-0.2, -0.15) is 0 Å². The zero-order valence-electron chi connectivity index (χ0n) is 23.1. The van der Waals surface area contributed by atoms with Crippen molar-refractivity contribution in [1.29, 1.82) is 0 Å². The fourth-order valence-corrected chi connectivity index (χ4v) is 4.01. The van der Waals surface area contributed by atoms with E-state index in [0.717, 1.165) is 44.9 Å². The molecule has 3 unspecified atom stereocenters. The number of benzene rings is 1. The first-order valence-electron chi connectivity index (χ1n) is 13.1. The Morgan fingerprint density at radius 2 is 1.39 bits per heavy atom. The fraction of sp³-hybridized carbons (Fsp3) is 0.655. The van der Waals surface area contributed by atoms with E-state index in [1.807, 2.05) is 6.08 Å². The van der Waals surface area contributed by atoms with Gasteiger partial charge in [-0.05, 0) is 55.2 Å². The minimum atomic E-state index is -1.09. The Morgan fingerprint density at radius 1 is 0.861 bits per heavy atom. The van der Waals surface area contributed by atoms with Crippen LogP contribution >= 0.6 is 0 Å². The van der Waals surface area contributed by atoms with E-state index in [9.17, 15) is 9.59 Å². The van der Waals surface area contributed by atoms with Gasteiger partial charge in [0.1, 0.15) is 0 Å². The summed E-state index contributed by atoms with van der Waals surface area (Å²) in [6.07, 6.45) is 8.63. The van der Waals surface area contributed by atoms with Crippen LogP contribution in [0, 0.1) is 17.8 Å². The molecule has 0 saturated heterocycles. The highest BCUT2D eigenvalue weighted by Gasteiger charge is 2.32. The lowest BCUT2D eigenvalue weighted by molar-refractivity contribution is -0.163. The molecule has 0 aromatic heterocycles. The summed E-state index contributed by atoms with van der Waals surface area (Å²) in [6, 6.07) is 3.48. The van der Waals surface area contributed by atoms with Gasteiger partial charge in [0, 0.05) is 0 Å². The molecule has 0 amide bonds. The lowest BCUT2D eigenvalue weighted by Gasteiger charge is -2.21. The molecule has 1 aromatic carbocycles. The van der Waals surface area contributed by atoms with E-state index in [4.69, 9.17) is 23.7 Å². The van der Waals surface area contributed by atoms with Crippen LogP contribution in [0.5, 0.6) is 17.2 Å². The molecule has 0 spiro atoms. The normalized spacial score (nSPS) is 13.3. The first-order valence-corrected chi connectivity index (χ1v) is 13.1. The predicted molar refractivity (Wildman–Crippen MR) is 142 cm³/mol. The highest BCUT2D eigenvalue weighted by atomic mass is 16.6. The van der Waals surface area contributed by atoms with E-state index in [1.165, 1.54) is 21.3 Å². The third-order valence-corrected chi connectivity index (χ3v) is 6.56. The third kappa shape index (κ3) is 10.1. The van der Waals surface area contributed by atoms with Gasteiger partial charge < -0.3 is 23.7 Å². The summed E-state index contributed by atoms with van der Waals surface area (Å²) in [4.78, 5) is 26.3. The first kappa shape index (κ1) is 31.3. The molecule has 0 bridgehead atoms. The van der Waals surface area contributed by atoms with Crippen molar-refractivity contribution in [3.05, 3.63) is 30.4 Å². The van der Waals surface area contributed by atoms with Gasteiger partial charge in [-0.25, -0.2) is 0 Å². The van der Waals surface area contributed by atoms with Crippen LogP contribution in [-0.4, -0.2) is 46.5 Å². The summed E-state index contributed by atoms with van der Waals surface area (Å²) in [5.41, 5.74) is 0.681. The monoisotopic (exact) mass is 506 g/mol. The van der Waals surface area contributed by atoms with Crippen LogP contribution in [0.2, 0.25) is 0 Å². The Labute approximate surface area is 217 Å². The van der Waals surface area contributed by atoms with Crippen LogP contribution < -0.4 is 14.2 Å². The van der Waals surface area contributed by atoms with Gasteiger partial charge in [0.25, 0.3) is 0 Å². The van der Waals surface area contributed by atoms with Crippen molar-refractivity contribution in [2.24, 2.45) is 17.8 Å².